The van der Waals surface area contributed by atoms with Crippen molar-refractivity contribution in [1.29, 1.82) is 0 Å². The number of benzene rings is 1. The molecule has 1 aliphatic rings. The second-order valence-corrected chi connectivity index (χ2v) is 8.09. The minimum Gasteiger partial charge on any atom is -0.324 e. The van der Waals surface area contributed by atoms with Crippen molar-refractivity contribution in [3.8, 4) is 0 Å². The van der Waals surface area contributed by atoms with Crippen LogP contribution in [0.1, 0.15) is 56.4 Å². The Morgan fingerprint density at radius 2 is 1.79 bits per heavy atom. The van der Waals surface area contributed by atoms with E-state index in [0.717, 1.165) is 24.5 Å². The Morgan fingerprint density at radius 1 is 1.18 bits per heavy atom. The molecule has 1 aromatic heterocycles. The van der Waals surface area contributed by atoms with Crippen molar-refractivity contribution < 1.29 is 18.0 Å². The maximum Gasteiger partial charge on any atom is 0.421 e. The van der Waals surface area contributed by atoms with E-state index in [2.05, 4.69) is 31.2 Å². The molecule has 0 saturated heterocycles. The zero-order chi connectivity index (χ0) is 20.7. The number of anilines is 1. The predicted octanol–water partition coefficient (Wildman–Crippen LogP) is 4.08. The van der Waals surface area contributed by atoms with Crippen LogP contribution in [-0.4, -0.2) is 15.7 Å². The first kappa shape index (κ1) is 20.1. The number of rotatable bonds is 4. The van der Waals surface area contributed by atoms with Gasteiger partial charge >= 0.3 is 6.18 Å². The van der Waals surface area contributed by atoms with E-state index in [4.69, 9.17) is 0 Å². The van der Waals surface area contributed by atoms with Crippen LogP contribution >= 0.6 is 0 Å². The summed E-state index contributed by atoms with van der Waals surface area (Å²) < 4.78 is 40.1. The predicted molar refractivity (Wildman–Crippen MR) is 99.2 cm³/mol. The Kier molecular flexibility index (Phi) is 5.08. The number of alkyl halides is 3. The number of nitrogens with zero attached hydrogens (tertiary/aromatic N) is 2. The summed E-state index contributed by atoms with van der Waals surface area (Å²) in [6, 6.07) is 7.98. The van der Waals surface area contributed by atoms with Crippen molar-refractivity contribution >= 4 is 11.6 Å². The minimum absolute atomic E-state index is 0.0446. The van der Waals surface area contributed by atoms with Crippen molar-refractivity contribution in [1.82, 2.24) is 9.78 Å². The number of aromatic nitrogens is 2. The molecule has 0 aliphatic heterocycles. The molecule has 1 saturated carbocycles. The lowest BCUT2D eigenvalue weighted by Crippen LogP contribution is -2.35. The molecule has 0 radical (unpaired) electrons. The van der Waals surface area contributed by atoms with E-state index in [-0.39, 0.29) is 17.0 Å². The van der Waals surface area contributed by atoms with Gasteiger partial charge in [-0.2, -0.15) is 18.3 Å². The number of hydrogen-bond acceptors (Lipinski definition) is 3. The first-order chi connectivity index (χ1) is 12.9. The summed E-state index contributed by atoms with van der Waals surface area (Å²) in [6.07, 6.45) is -3.33. The van der Waals surface area contributed by atoms with Crippen LogP contribution in [0.4, 0.5) is 18.9 Å². The topological polar surface area (TPSA) is 64.0 Å². The molecule has 0 unspecified atom stereocenters. The van der Waals surface area contributed by atoms with Crippen molar-refractivity contribution in [2.45, 2.75) is 57.7 Å². The highest BCUT2D eigenvalue weighted by molar-refractivity contribution is 5.90. The summed E-state index contributed by atoms with van der Waals surface area (Å²) in [6.45, 7) is 5.60. The van der Waals surface area contributed by atoms with Crippen LogP contribution in [0.15, 0.2) is 35.1 Å². The van der Waals surface area contributed by atoms with Crippen LogP contribution in [0.2, 0.25) is 0 Å². The summed E-state index contributed by atoms with van der Waals surface area (Å²) >= 11 is 0. The largest absolute Gasteiger partial charge is 0.421 e. The highest BCUT2D eigenvalue weighted by Crippen LogP contribution is 2.40. The first-order valence-corrected chi connectivity index (χ1v) is 9.05. The van der Waals surface area contributed by atoms with Gasteiger partial charge in [-0.15, -0.1) is 0 Å². The van der Waals surface area contributed by atoms with Crippen LogP contribution in [0.3, 0.4) is 0 Å². The Bertz CT molecular complexity index is 937. The van der Waals surface area contributed by atoms with E-state index in [1.165, 1.54) is 0 Å². The average Bonchev–Trinajstić information content (AvgIpc) is 3.40. The molecule has 2 aromatic rings. The Hall–Kier alpha value is -2.64. The number of carbonyl (C=O) groups excluding carboxylic acids is 1. The molecule has 1 aromatic carbocycles. The number of nitrogens with one attached hydrogen (secondary N) is 1. The van der Waals surface area contributed by atoms with Gasteiger partial charge in [0.25, 0.3) is 5.56 Å². The van der Waals surface area contributed by atoms with E-state index < -0.39 is 29.8 Å². The third-order valence-corrected chi connectivity index (χ3v) is 4.62. The van der Waals surface area contributed by atoms with Crippen molar-refractivity contribution in [3.05, 3.63) is 57.5 Å². The first-order valence-electron chi connectivity index (χ1n) is 9.05. The van der Waals surface area contributed by atoms with Crippen LogP contribution in [-0.2, 0) is 22.9 Å². The van der Waals surface area contributed by atoms with Gasteiger partial charge in [-0.05, 0) is 42.0 Å². The highest BCUT2D eigenvalue weighted by atomic mass is 19.4. The molecule has 5 nitrogen and oxygen atoms in total. The molecule has 0 atom stereocenters. The molecule has 8 heteroatoms. The fraction of sp³-hybridized carbons (Fsp3) is 0.450. The summed E-state index contributed by atoms with van der Waals surface area (Å²) in [5, 5.41) is 6.58. The van der Waals surface area contributed by atoms with Crippen LogP contribution in [0.5, 0.6) is 0 Å². The number of carbonyl (C=O) groups is 1. The third-order valence-electron chi connectivity index (χ3n) is 4.62. The van der Waals surface area contributed by atoms with Crippen LogP contribution < -0.4 is 10.9 Å². The Labute approximate surface area is 160 Å². The zero-order valence-electron chi connectivity index (χ0n) is 15.9. The second kappa shape index (κ2) is 7.07. The molecule has 1 N–H and O–H groups in total. The average molecular weight is 393 g/mol. The third kappa shape index (κ3) is 4.61. The molecule has 150 valence electrons. The smallest absolute Gasteiger partial charge is 0.324 e. The lowest BCUT2D eigenvalue weighted by atomic mass is 9.87. The standard InChI is InChI=1S/C20H22F3N3O2/c1-19(2,3)13-6-8-14(9-7-13)24-17(27)11-26-18(28)15(20(21,22)23)10-16(25-26)12-4-5-12/h6-10,12H,4-5,11H2,1-3H3,(H,24,27). The van der Waals surface area contributed by atoms with Gasteiger partial charge in [0.2, 0.25) is 5.91 Å². The van der Waals surface area contributed by atoms with Gasteiger partial charge in [-0.3, -0.25) is 9.59 Å². The van der Waals surface area contributed by atoms with Crippen LogP contribution in [0.25, 0.3) is 0 Å². The van der Waals surface area contributed by atoms with Gasteiger partial charge in [-0.1, -0.05) is 32.9 Å². The van der Waals surface area contributed by atoms with E-state index in [9.17, 15) is 22.8 Å². The fourth-order valence-electron chi connectivity index (χ4n) is 2.84. The zero-order valence-corrected chi connectivity index (χ0v) is 15.9. The normalized spacial score (nSPS) is 14.8. The Balaban J connectivity index is 1.80. The summed E-state index contributed by atoms with van der Waals surface area (Å²) in [4.78, 5) is 24.4. The SMILES string of the molecule is CC(C)(C)c1ccc(NC(=O)Cn2nc(C3CC3)cc(C(F)(F)F)c2=O)cc1. The molecule has 1 amide bonds. The summed E-state index contributed by atoms with van der Waals surface area (Å²) in [5.41, 5.74) is -0.858. The molecule has 1 aliphatic carbocycles. The monoisotopic (exact) mass is 393 g/mol. The van der Waals surface area contributed by atoms with E-state index in [1.807, 2.05) is 12.1 Å². The van der Waals surface area contributed by atoms with E-state index in [1.54, 1.807) is 12.1 Å². The summed E-state index contributed by atoms with van der Waals surface area (Å²) in [7, 11) is 0. The quantitative estimate of drug-likeness (QED) is 0.852. The Morgan fingerprint density at radius 3 is 2.29 bits per heavy atom. The molecular formula is C20H22F3N3O2. The lowest BCUT2D eigenvalue weighted by molar-refractivity contribution is -0.139. The van der Waals surface area contributed by atoms with Crippen molar-refractivity contribution in [2.75, 3.05) is 5.32 Å². The van der Waals surface area contributed by atoms with Crippen LogP contribution in [0, 0.1) is 0 Å². The van der Waals surface area contributed by atoms with Gasteiger partial charge in [0, 0.05) is 11.6 Å². The fourth-order valence-corrected chi connectivity index (χ4v) is 2.84. The van der Waals surface area contributed by atoms with Gasteiger partial charge < -0.3 is 5.32 Å². The molecule has 3 rings (SSSR count). The number of hydrogen-bond donors (Lipinski definition) is 1. The lowest BCUT2D eigenvalue weighted by Gasteiger charge is -2.19. The molecule has 28 heavy (non-hydrogen) atoms. The highest BCUT2D eigenvalue weighted by Gasteiger charge is 2.37. The summed E-state index contributed by atoms with van der Waals surface area (Å²) in [5.74, 6) is -0.694. The number of halogens is 3. The van der Waals surface area contributed by atoms with E-state index in [0.29, 0.717) is 10.4 Å². The molecular weight excluding hydrogens is 371 g/mol. The van der Waals surface area contributed by atoms with Gasteiger partial charge in [0.05, 0.1) is 5.69 Å². The maximum absolute atomic E-state index is 13.2. The van der Waals surface area contributed by atoms with Gasteiger partial charge in [0.1, 0.15) is 12.1 Å². The second-order valence-electron chi connectivity index (χ2n) is 8.09. The van der Waals surface area contributed by atoms with Gasteiger partial charge in [-0.25, -0.2) is 4.68 Å². The molecule has 0 bridgehead atoms. The van der Waals surface area contributed by atoms with Crippen molar-refractivity contribution in [3.63, 3.8) is 0 Å². The molecule has 1 fully saturated rings. The van der Waals surface area contributed by atoms with Gasteiger partial charge in [0.15, 0.2) is 0 Å². The molecule has 1 heterocycles. The molecule has 0 spiro atoms. The van der Waals surface area contributed by atoms with E-state index >= 15 is 0 Å². The number of amides is 1. The van der Waals surface area contributed by atoms with Crippen molar-refractivity contribution in [2.24, 2.45) is 0 Å². The minimum atomic E-state index is -4.79. The maximum atomic E-state index is 13.2.